The second kappa shape index (κ2) is 4.61. The molecule has 0 saturated heterocycles. The Labute approximate surface area is 110 Å². The molecule has 0 aromatic heterocycles. The van der Waals surface area contributed by atoms with Gasteiger partial charge < -0.3 is 0 Å². The normalized spacial score (nSPS) is 21.9. The molecule has 0 N–H and O–H groups in total. The molecule has 1 atom stereocenters. The minimum atomic E-state index is 0.252. The van der Waals surface area contributed by atoms with E-state index in [2.05, 4.69) is 67.6 Å². The van der Waals surface area contributed by atoms with Crippen LogP contribution in [0.5, 0.6) is 0 Å². The topological polar surface area (TPSA) is 0 Å². The zero-order chi connectivity index (χ0) is 12.4. The monoisotopic (exact) mass is 236 g/mol. The van der Waals surface area contributed by atoms with Crippen molar-refractivity contribution in [3.05, 3.63) is 71.8 Å². The first-order chi connectivity index (χ1) is 8.81. The molecule has 1 unspecified atom stereocenters. The third-order valence-corrected chi connectivity index (χ3v) is 4.41. The van der Waals surface area contributed by atoms with Crippen molar-refractivity contribution < 1.29 is 0 Å². The average Bonchev–Trinajstić information content (AvgIpc) is 2.84. The van der Waals surface area contributed by atoms with Gasteiger partial charge in [-0.25, -0.2) is 0 Å². The number of rotatable bonds is 2. The molecule has 0 spiro atoms. The summed E-state index contributed by atoms with van der Waals surface area (Å²) in [6.45, 7) is 2.38. The molecule has 92 valence electrons. The minimum absolute atomic E-state index is 0.252. The van der Waals surface area contributed by atoms with Gasteiger partial charge in [-0.15, -0.1) is 0 Å². The van der Waals surface area contributed by atoms with Crippen molar-refractivity contribution in [1.82, 2.24) is 0 Å². The highest BCUT2D eigenvalue weighted by molar-refractivity contribution is 5.40. The summed E-state index contributed by atoms with van der Waals surface area (Å²) in [6.07, 6.45) is 3.90. The fraction of sp³-hybridized carbons (Fsp3) is 0.333. The van der Waals surface area contributed by atoms with E-state index in [1.54, 1.807) is 0 Å². The van der Waals surface area contributed by atoms with Gasteiger partial charge in [0, 0.05) is 5.41 Å². The molecule has 1 saturated carbocycles. The molecule has 1 fully saturated rings. The molecule has 3 rings (SSSR count). The van der Waals surface area contributed by atoms with E-state index in [0.29, 0.717) is 0 Å². The molecule has 0 bridgehead atoms. The molecule has 0 aliphatic heterocycles. The lowest BCUT2D eigenvalue weighted by atomic mass is 9.73. The van der Waals surface area contributed by atoms with E-state index in [9.17, 15) is 0 Å². The van der Waals surface area contributed by atoms with Crippen LogP contribution in [0, 0.1) is 5.92 Å². The van der Waals surface area contributed by atoms with Crippen LogP contribution in [-0.2, 0) is 5.41 Å². The van der Waals surface area contributed by atoms with Crippen LogP contribution in [0.4, 0.5) is 0 Å². The molecule has 2 aromatic carbocycles. The molecule has 1 aliphatic rings. The van der Waals surface area contributed by atoms with Gasteiger partial charge in [-0.3, -0.25) is 0 Å². The fourth-order valence-electron chi connectivity index (χ4n) is 3.50. The zero-order valence-corrected chi connectivity index (χ0v) is 11.0. The summed E-state index contributed by atoms with van der Waals surface area (Å²) in [7, 11) is 0. The molecule has 0 heterocycles. The Balaban J connectivity index is 2.11. The quantitative estimate of drug-likeness (QED) is 0.703. The standard InChI is InChI=1S/C18H20/c1-15-12-13-18(14-15,16-8-4-2-5-9-16)17-10-6-3-7-11-17/h2-11,15H,12-14H2,1H3. The summed E-state index contributed by atoms with van der Waals surface area (Å²) in [4.78, 5) is 0. The Kier molecular flexibility index (Phi) is 2.95. The highest BCUT2D eigenvalue weighted by Gasteiger charge is 2.40. The van der Waals surface area contributed by atoms with Crippen LogP contribution < -0.4 is 0 Å². The van der Waals surface area contributed by atoms with Crippen LogP contribution in [0.2, 0.25) is 0 Å². The Morgan fingerprint density at radius 2 is 1.33 bits per heavy atom. The van der Waals surface area contributed by atoms with Crippen molar-refractivity contribution in [2.24, 2.45) is 5.92 Å². The van der Waals surface area contributed by atoms with E-state index < -0.39 is 0 Å². The maximum atomic E-state index is 2.38. The Hall–Kier alpha value is -1.56. The maximum Gasteiger partial charge on any atom is 0.0205 e. The highest BCUT2D eigenvalue weighted by atomic mass is 14.4. The lowest BCUT2D eigenvalue weighted by Crippen LogP contribution is -2.24. The SMILES string of the molecule is CC1CCC(c2ccccc2)(c2ccccc2)C1. The zero-order valence-electron chi connectivity index (χ0n) is 11.0. The first kappa shape index (κ1) is 11.5. The van der Waals surface area contributed by atoms with Gasteiger partial charge in [-0.05, 0) is 36.3 Å². The summed E-state index contributed by atoms with van der Waals surface area (Å²) in [5.41, 5.74) is 3.23. The van der Waals surface area contributed by atoms with Crippen molar-refractivity contribution in [2.45, 2.75) is 31.6 Å². The van der Waals surface area contributed by atoms with Crippen molar-refractivity contribution >= 4 is 0 Å². The molecule has 0 heteroatoms. The van der Waals surface area contributed by atoms with E-state index >= 15 is 0 Å². The Morgan fingerprint density at radius 3 is 1.72 bits per heavy atom. The Morgan fingerprint density at radius 1 is 0.833 bits per heavy atom. The lowest BCUT2D eigenvalue weighted by Gasteiger charge is -2.31. The third-order valence-electron chi connectivity index (χ3n) is 4.41. The summed E-state index contributed by atoms with van der Waals surface area (Å²) >= 11 is 0. The van der Waals surface area contributed by atoms with Crippen molar-refractivity contribution in [1.29, 1.82) is 0 Å². The summed E-state index contributed by atoms with van der Waals surface area (Å²) in [5.74, 6) is 0.824. The first-order valence-corrected chi connectivity index (χ1v) is 6.92. The molecule has 0 amide bonds. The van der Waals surface area contributed by atoms with E-state index in [1.807, 2.05) is 0 Å². The average molecular weight is 236 g/mol. The van der Waals surface area contributed by atoms with Gasteiger partial charge in [0.25, 0.3) is 0 Å². The summed E-state index contributed by atoms with van der Waals surface area (Å²) in [5, 5.41) is 0. The number of benzene rings is 2. The van der Waals surface area contributed by atoms with Crippen LogP contribution in [-0.4, -0.2) is 0 Å². The first-order valence-electron chi connectivity index (χ1n) is 6.92. The molecule has 1 aliphatic carbocycles. The van der Waals surface area contributed by atoms with Gasteiger partial charge in [0.05, 0.1) is 0 Å². The van der Waals surface area contributed by atoms with Crippen molar-refractivity contribution in [3.8, 4) is 0 Å². The second-order valence-corrected chi connectivity index (χ2v) is 5.66. The van der Waals surface area contributed by atoms with Gasteiger partial charge >= 0.3 is 0 Å². The van der Waals surface area contributed by atoms with Gasteiger partial charge in [0.2, 0.25) is 0 Å². The van der Waals surface area contributed by atoms with E-state index in [1.165, 1.54) is 30.4 Å². The molecular formula is C18H20. The van der Waals surface area contributed by atoms with Crippen molar-refractivity contribution in [3.63, 3.8) is 0 Å². The van der Waals surface area contributed by atoms with Crippen LogP contribution in [0.1, 0.15) is 37.3 Å². The van der Waals surface area contributed by atoms with Crippen LogP contribution in [0.3, 0.4) is 0 Å². The van der Waals surface area contributed by atoms with E-state index in [0.717, 1.165) is 5.92 Å². The largest absolute Gasteiger partial charge is 0.0625 e. The number of hydrogen-bond donors (Lipinski definition) is 0. The maximum absolute atomic E-state index is 2.38. The van der Waals surface area contributed by atoms with Gasteiger partial charge in [-0.1, -0.05) is 67.6 Å². The third kappa shape index (κ3) is 1.86. The molecule has 0 radical (unpaired) electrons. The van der Waals surface area contributed by atoms with Gasteiger partial charge in [0.1, 0.15) is 0 Å². The molecule has 0 nitrogen and oxygen atoms in total. The van der Waals surface area contributed by atoms with Gasteiger partial charge in [0.15, 0.2) is 0 Å². The summed E-state index contributed by atoms with van der Waals surface area (Å²) in [6, 6.07) is 22.1. The number of hydrogen-bond acceptors (Lipinski definition) is 0. The van der Waals surface area contributed by atoms with Crippen LogP contribution in [0.25, 0.3) is 0 Å². The predicted octanol–water partition coefficient (Wildman–Crippen LogP) is 4.79. The van der Waals surface area contributed by atoms with Gasteiger partial charge in [-0.2, -0.15) is 0 Å². The highest BCUT2D eigenvalue weighted by Crippen LogP contribution is 2.48. The molecular weight excluding hydrogens is 216 g/mol. The summed E-state index contributed by atoms with van der Waals surface area (Å²) < 4.78 is 0. The lowest BCUT2D eigenvalue weighted by molar-refractivity contribution is 0.503. The minimum Gasteiger partial charge on any atom is -0.0625 e. The van der Waals surface area contributed by atoms with Crippen LogP contribution in [0.15, 0.2) is 60.7 Å². The molecule has 18 heavy (non-hydrogen) atoms. The Bertz CT molecular complexity index is 459. The van der Waals surface area contributed by atoms with Crippen LogP contribution >= 0.6 is 0 Å². The predicted molar refractivity (Wildman–Crippen MR) is 76.7 cm³/mol. The second-order valence-electron chi connectivity index (χ2n) is 5.66. The van der Waals surface area contributed by atoms with E-state index in [-0.39, 0.29) is 5.41 Å². The van der Waals surface area contributed by atoms with E-state index in [4.69, 9.17) is 0 Å². The molecule has 2 aromatic rings. The smallest absolute Gasteiger partial charge is 0.0205 e. The fourth-order valence-corrected chi connectivity index (χ4v) is 3.50. The van der Waals surface area contributed by atoms with Crippen molar-refractivity contribution in [2.75, 3.05) is 0 Å².